The van der Waals surface area contributed by atoms with Crippen molar-refractivity contribution in [3.05, 3.63) is 29.6 Å². The minimum absolute atomic E-state index is 1.07. The Bertz CT molecular complexity index is 469. The maximum absolute atomic E-state index is 4.49. The second-order valence-corrected chi connectivity index (χ2v) is 3.95. The molecule has 0 saturated carbocycles. The molecular formula is C13H18N2. The number of pyridine rings is 1. The number of hydrogen-bond donors (Lipinski definition) is 0. The summed E-state index contributed by atoms with van der Waals surface area (Å²) in [6.07, 6.45) is 4.13. The predicted molar refractivity (Wildman–Crippen MR) is 64.1 cm³/mol. The molecular weight excluding hydrogens is 184 g/mol. The molecule has 0 atom stereocenters. The fourth-order valence-corrected chi connectivity index (χ4v) is 2.31. The molecule has 0 aliphatic heterocycles. The van der Waals surface area contributed by atoms with Crippen LogP contribution in [0.1, 0.15) is 31.5 Å². The summed E-state index contributed by atoms with van der Waals surface area (Å²) in [5, 5.41) is 1.31. The van der Waals surface area contributed by atoms with E-state index >= 15 is 0 Å². The van der Waals surface area contributed by atoms with Crippen LogP contribution >= 0.6 is 0 Å². The van der Waals surface area contributed by atoms with Crippen LogP contribution in [0.3, 0.4) is 0 Å². The lowest BCUT2D eigenvalue weighted by Gasteiger charge is -2.07. The highest BCUT2D eigenvalue weighted by Crippen LogP contribution is 2.24. The first kappa shape index (κ1) is 10.2. The van der Waals surface area contributed by atoms with E-state index in [1.165, 1.54) is 16.6 Å². The molecule has 0 saturated heterocycles. The van der Waals surface area contributed by atoms with Crippen molar-refractivity contribution < 1.29 is 0 Å². The highest BCUT2D eigenvalue weighted by Gasteiger charge is 2.11. The molecule has 2 heteroatoms. The molecule has 2 rings (SSSR count). The summed E-state index contributed by atoms with van der Waals surface area (Å²) < 4.78 is 2.37. The smallest absolute Gasteiger partial charge is 0.140 e. The van der Waals surface area contributed by atoms with Crippen LogP contribution in [0.25, 0.3) is 11.0 Å². The number of hydrogen-bond acceptors (Lipinski definition) is 1. The molecule has 0 unspecified atom stereocenters. The van der Waals surface area contributed by atoms with Gasteiger partial charge in [-0.15, -0.1) is 0 Å². The Morgan fingerprint density at radius 3 is 2.80 bits per heavy atom. The summed E-state index contributed by atoms with van der Waals surface area (Å²) in [6.45, 7) is 7.70. The van der Waals surface area contributed by atoms with E-state index in [2.05, 4.69) is 36.4 Å². The van der Waals surface area contributed by atoms with E-state index in [1.807, 2.05) is 12.3 Å². The normalized spacial score (nSPS) is 11.1. The minimum Gasteiger partial charge on any atom is -0.329 e. The third kappa shape index (κ3) is 1.54. The van der Waals surface area contributed by atoms with Gasteiger partial charge in [-0.05, 0) is 37.5 Å². The molecule has 0 spiro atoms. The molecule has 15 heavy (non-hydrogen) atoms. The van der Waals surface area contributed by atoms with Crippen molar-refractivity contribution in [3.8, 4) is 0 Å². The number of fused-ring (bicyclic) bond motifs is 1. The lowest BCUT2D eigenvalue weighted by molar-refractivity contribution is 0.664. The van der Waals surface area contributed by atoms with Gasteiger partial charge in [0.15, 0.2) is 0 Å². The minimum atomic E-state index is 1.07. The molecule has 0 fully saturated rings. The van der Waals surface area contributed by atoms with E-state index in [0.717, 1.165) is 25.0 Å². The van der Waals surface area contributed by atoms with E-state index in [4.69, 9.17) is 0 Å². The van der Waals surface area contributed by atoms with Gasteiger partial charge in [0, 0.05) is 23.8 Å². The van der Waals surface area contributed by atoms with Gasteiger partial charge in [-0.1, -0.05) is 13.8 Å². The highest BCUT2D eigenvalue weighted by molar-refractivity contribution is 5.81. The predicted octanol–water partition coefficient (Wildman–Crippen LogP) is 3.32. The average Bonchev–Trinajstić information content (AvgIpc) is 2.54. The first-order valence-electron chi connectivity index (χ1n) is 5.72. The third-order valence-corrected chi connectivity index (χ3v) is 2.99. The monoisotopic (exact) mass is 202 g/mol. The van der Waals surface area contributed by atoms with Crippen molar-refractivity contribution >= 4 is 11.0 Å². The molecule has 0 radical (unpaired) electrons. The van der Waals surface area contributed by atoms with Crippen molar-refractivity contribution in [3.63, 3.8) is 0 Å². The Kier molecular flexibility index (Phi) is 2.76. The second-order valence-electron chi connectivity index (χ2n) is 3.95. The van der Waals surface area contributed by atoms with Crippen LogP contribution in [0.4, 0.5) is 0 Å². The van der Waals surface area contributed by atoms with Gasteiger partial charge in [-0.3, -0.25) is 0 Å². The fourth-order valence-electron chi connectivity index (χ4n) is 2.31. The van der Waals surface area contributed by atoms with Crippen LogP contribution in [0.2, 0.25) is 0 Å². The zero-order valence-electron chi connectivity index (χ0n) is 9.75. The van der Waals surface area contributed by atoms with Crippen LogP contribution in [0.15, 0.2) is 18.3 Å². The van der Waals surface area contributed by atoms with Crippen molar-refractivity contribution in [1.82, 2.24) is 9.55 Å². The van der Waals surface area contributed by atoms with Crippen LogP contribution in [0.5, 0.6) is 0 Å². The second kappa shape index (κ2) is 4.05. The van der Waals surface area contributed by atoms with E-state index in [1.54, 1.807) is 0 Å². The topological polar surface area (TPSA) is 17.8 Å². The molecule has 0 amide bonds. The number of aromatic nitrogens is 2. The molecule has 0 aliphatic rings. The molecule has 0 bridgehead atoms. The molecule has 2 aromatic heterocycles. The van der Waals surface area contributed by atoms with E-state index < -0.39 is 0 Å². The third-order valence-electron chi connectivity index (χ3n) is 2.99. The summed E-state index contributed by atoms with van der Waals surface area (Å²) in [5.74, 6) is 0. The van der Waals surface area contributed by atoms with E-state index in [9.17, 15) is 0 Å². The average molecular weight is 202 g/mol. The summed E-state index contributed by atoms with van der Waals surface area (Å²) in [5.41, 5.74) is 3.98. The maximum atomic E-state index is 4.49. The molecule has 0 aromatic carbocycles. The van der Waals surface area contributed by atoms with Crippen molar-refractivity contribution in [2.24, 2.45) is 0 Å². The number of aryl methyl sites for hydroxylation is 2. The van der Waals surface area contributed by atoms with Gasteiger partial charge < -0.3 is 4.57 Å². The summed E-state index contributed by atoms with van der Waals surface area (Å²) in [6, 6.07) is 4.19. The summed E-state index contributed by atoms with van der Waals surface area (Å²) in [4.78, 5) is 4.49. The lowest BCUT2D eigenvalue weighted by atomic mass is 10.1. The van der Waals surface area contributed by atoms with Crippen molar-refractivity contribution in [2.45, 2.75) is 40.2 Å². The van der Waals surface area contributed by atoms with E-state index in [-0.39, 0.29) is 0 Å². The fraction of sp³-hybridized carbons (Fsp3) is 0.462. The largest absolute Gasteiger partial charge is 0.329 e. The van der Waals surface area contributed by atoms with Crippen LogP contribution < -0.4 is 0 Å². The molecule has 2 heterocycles. The van der Waals surface area contributed by atoms with Gasteiger partial charge in [0.05, 0.1) is 0 Å². The van der Waals surface area contributed by atoms with Crippen LogP contribution in [-0.2, 0) is 13.0 Å². The number of nitrogens with zero attached hydrogens (tertiary/aromatic N) is 2. The zero-order valence-corrected chi connectivity index (χ0v) is 9.75. The molecule has 80 valence electrons. The molecule has 2 nitrogen and oxygen atoms in total. The lowest BCUT2D eigenvalue weighted by Crippen LogP contribution is -2.02. The first-order chi connectivity index (χ1) is 7.29. The van der Waals surface area contributed by atoms with Crippen LogP contribution in [0, 0.1) is 6.92 Å². The summed E-state index contributed by atoms with van der Waals surface area (Å²) >= 11 is 0. The Hall–Kier alpha value is -1.31. The standard InChI is InChI=1S/C13H18N2/c1-4-9-15-12(5-2)10(3)11-7-6-8-14-13(11)15/h6-8H,4-5,9H2,1-3H3. The first-order valence-corrected chi connectivity index (χ1v) is 5.72. The van der Waals surface area contributed by atoms with Gasteiger partial charge in [-0.25, -0.2) is 4.98 Å². The van der Waals surface area contributed by atoms with Crippen LogP contribution in [-0.4, -0.2) is 9.55 Å². The van der Waals surface area contributed by atoms with Gasteiger partial charge in [0.2, 0.25) is 0 Å². The Morgan fingerprint density at radius 1 is 1.33 bits per heavy atom. The SMILES string of the molecule is CCCn1c(CC)c(C)c2cccnc21. The van der Waals surface area contributed by atoms with Gasteiger partial charge in [0.1, 0.15) is 5.65 Å². The zero-order chi connectivity index (χ0) is 10.8. The van der Waals surface area contributed by atoms with E-state index in [0.29, 0.717) is 0 Å². The molecule has 0 aliphatic carbocycles. The van der Waals surface area contributed by atoms with Crippen molar-refractivity contribution in [2.75, 3.05) is 0 Å². The summed E-state index contributed by atoms with van der Waals surface area (Å²) in [7, 11) is 0. The Labute approximate surface area is 90.9 Å². The number of rotatable bonds is 3. The Balaban J connectivity index is 2.73. The Morgan fingerprint density at radius 2 is 2.13 bits per heavy atom. The molecule has 0 N–H and O–H groups in total. The van der Waals surface area contributed by atoms with Gasteiger partial charge in [-0.2, -0.15) is 0 Å². The molecule has 2 aromatic rings. The van der Waals surface area contributed by atoms with Gasteiger partial charge >= 0.3 is 0 Å². The highest BCUT2D eigenvalue weighted by atomic mass is 15.0. The van der Waals surface area contributed by atoms with Gasteiger partial charge in [0.25, 0.3) is 0 Å². The maximum Gasteiger partial charge on any atom is 0.140 e. The quantitative estimate of drug-likeness (QED) is 0.746. The van der Waals surface area contributed by atoms with Crippen molar-refractivity contribution in [1.29, 1.82) is 0 Å².